The molecule has 0 atom stereocenters. The second-order valence-corrected chi connectivity index (χ2v) is 4.95. The zero-order valence-electron chi connectivity index (χ0n) is 10.1. The first kappa shape index (κ1) is 12.5. The molecule has 0 aliphatic carbocycles. The van der Waals surface area contributed by atoms with Crippen LogP contribution in [0.15, 0.2) is 24.4 Å². The lowest BCUT2D eigenvalue weighted by molar-refractivity contribution is 0.0702. The van der Waals surface area contributed by atoms with Crippen LogP contribution in [-0.4, -0.2) is 28.1 Å². The highest BCUT2D eigenvalue weighted by molar-refractivity contribution is 7.17. The van der Waals surface area contributed by atoms with Gasteiger partial charge in [0.2, 0.25) is 0 Å². The largest absolute Gasteiger partial charge is 0.477 e. The maximum atomic E-state index is 10.8. The normalized spacial score (nSPS) is 10.3. The zero-order chi connectivity index (χ0) is 13.1. The van der Waals surface area contributed by atoms with Crippen molar-refractivity contribution in [3.63, 3.8) is 0 Å². The Kier molecular flexibility index (Phi) is 3.57. The first-order valence-electron chi connectivity index (χ1n) is 5.39. The highest BCUT2D eigenvalue weighted by atomic mass is 32.1. The van der Waals surface area contributed by atoms with Crippen molar-refractivity contribution in [1.82, 2.24) is 9.97 Å². The number of carboxylic acids is 1. The van der Waals surface area contributed by atoms with Crippen molar-refractivity contribution in [3.05, 3.63) is 40.7 Å². The lowest BCUT2D eigenvalue weighted by Gasteiger charge is -2.15. The average molecular weight is 263 g/mol. The number of thiazole rings is 1. The van der Waals surface area contributed by atoms with E-state index < -0.39 is 5.97 Å². The second kappa shape index (κ2) is 5.14. The molecule has 0 aliphatic rings. The van der Waals surface area contributed by atoms with E-state index in [4.69, 9.17) is 5.11 Å². The number of aromatic nitrogens is 2. The third kappa shape index (κ3) is 2.84. The van der Waals surface area contributed by atoms with Crippen LogP contribution in [0.2, 0.25) is 0 Å². The van der Waals surface area contributed by atoms with Crippen LogP contribution in [0.1, 0.15) is 21.1 Å². The van der Waals surface area contributed by atoms with E-state index in [1.54, 1.807) is 0 Å². The fraction of sp³-hybridized carbons (Fsp3) is 0.250. The van der Waals surface area contributed by atoms with Crippen LogP contribution >= 0.6 is 11.3 Å². The quantitative estimate of drug-likeness (QED) is 0.915. The Balaban J connectivity index is 2.11. The lowest BCUT2D eigenvalue weighted by atomic mass is 10.3. The van der Waals surface area contributed by atoms with Gasteiger partial charge >= 0.3 is 5.97 Å². The fourth-order valence-electron chi connectivity index (χ4n) is 1.54. The molecule has 0 spiro atoms. The van der Waals surface area contributed by atoms with Gasteiger partial charge in [0.15, 0.2) is 5.13 Å². The first-order chi connectivity index (χ1) is 8.56. The summed E-state index contributed by atoms with van der Waals surface area (Å²) in [6.07, 6.45) is 1.38. The van der Waals surface area contributed by atoms with Gasteiger partial charge in [-0.25, -0.2) is 9.78 Å². The SMILES string of the molecule is Cc1cccc(CN(C)c2ncc(C(=O)O)s2)n1. The summed E-state index contributed by atoms with van der Waals surface area (Å²) in [5.74, 6) is -0.944. The molecule has 0 amide bonds. The third-order valence-corrected chi connectivity index (χ3v) is 3.48. The highest BCUT2D eigenvalue weighted by Crippen LogP contribution is 2.22. The molecule has 2 heterocycles. The van der Waals surface area contributed by atoms with Crippen molar-refractivity contribution in [3.8, 4) is 0 Å². The number of carbonyl (C=O) groups is 1. The Morgan fingerprint density at radius 3 is 2.89 bits per heavy atom. The van der Waals surface area contributed by atoms with Crippen LogP contribution in [0, 0.1) is 6.92 Å². The molecule has 0 aliphatic heterocycles. The number of hydrogen-bond acceptors (Lipinski definition) is 5. The molecule has 2 aromatic heterocycles. The van der Waals surface area contributed by atoms with Crippen LogP contribution in [0.5, 0.6) is 0 Å². The van der Waals surface area contributed by atoms with Crippen LogP contribution in [0.3, 0.4) is 0 Å². The van der Waals surface area contributed by atoms with Gasteiger partial charge in [-0.3, -0.25) is 4.98 Å². The molecule has 6 heteroatoms. The molecule has 0 unspecified atom stereocenters. The Labute approximate surface area is 109 Å². The van der Waals surface area contributed by atoms with E-state index in [2.05, 4.69) is 9.97 Å². The lowest BCUT2D eigenvalue weighted by Crippen LogP contribution is -2.17. The molecule has 5 nitrogen and oxygen atoms in total. The summed E-state index contributed by atoms with van der Waals surface area (Å²) in [5, 5.41) is 9.52. The first-order valence-corrected chi connectivity index (χ1v) is 6.20. The smallest absolute Gasteiger partial charge is 0.347 e. The topological polar surface area (TPSA) is 66.3 Å². The van der Waals surface area contributed by atoms with Gasteiger partial charge in [-0.1, -0.05) is 17.4 Å². The minimum Gasteiger partial charge on any atom is -0.477 e. The number of aromatic carboxylic acids is 1. The molecule has 0 fully saturated rings. The Morgan fingerprint density at radius 2 is 2.28 bits per heavy atom. The van der Waals surface area contributed by atoms with E-state index in [0.29, 0.717) is 11.7 Å². The summed E-state index contributed by atoms with van der Waals surface area (Å²) in [5.41, 5.74) is 1.90. The van der Waals surface area contributed by atoms with Crippen LogP contribution in [-0.2, 0) is 6.54 Å². The highest BCUT2D eigenvalue weighted by Gasteiger charge is 2.12. The van der Waals surface area contributed by atoms with E-state index in [9.17, 15) is 4.79 Å². The Morgan fingerprint density at radius 1 is 1.50 bits per heavy atom. The van der Waals surface area contributed by atoms with Crippen LogP contribution in [0.25, 0.3) is 0 Å². The average Bonchev–Trinajstić information content (AvgIpc) is 2.78. The second-order valence-electron chi connectivity index (χ2n) is 3.94. The van der Waals surface area contributed by atoms with Gasteiger partial charge in [-0.05, 0) is 19.1 Å². The number of rotatable bonds is 4. The summed E-state index contributed by atoms with van der Waals surface area (Å²) in [6, 6.07) is 5.83. The minimum absolute atomic E-state index is 0.244. The maximum absolute atomic E-state index is 10.8. The number of hydrogen-bond donors (Lipinski definition) is 1. The number of aryl methyl sites for hydroxylation is 1. The summed E-state index contributed by atoms with van der Waals surface area (Å²) in [7, 11) is 1.87. The van der Waals surface area contributed by atoms with Crippen molar-refractivity contribution in [2.45, 2.75) is 13.5 Å². The zero-order valence-corrected chi connectivity index (χ0v) is 10.9. The van der Waals surface area contributed by atoms with Gasteiger partial charge in [0.25, 0.3) is 0 Å². The van der Waals surface area contributed by atoms with E-state index >= 15 is 0 Å². The van der Waals surface area contributed by atoms with E-state index in [1.807, 2.05) is 37.1 Å². The summed E-state index contributed by atoms with van der Waals surface area (Å²) in [4.78, 5) is 21.4. The molecule has 1 N–H and O–H groups in total. The van der Waals surface area contributed by atoms with Gasteiger partial charge in [0, 0.05) is 12.7 Å². The predicted molar refractivity (Wildman–Crippen MR) is 70.2 cm³/mol. The molecule has 0 bridgehead atoms. The van der Waals surface area contributed by atoms with Crippen molar-refractivity contribution in [2.24, 2.45) is 0 Å². The number of pyridine rings is 1. The molecular weight excluding hydrogens is 250 g/mol. The molecule has 2 aromatic rings. The standard InChI is InChI=1S/C12H13N3O2S/c1-8-4-3-5-9(14-8)7-15(2)12-13-6-10(18-12)11(16)17/h3-6H,7H2,1-2H3,(H,16,17). The third-order valence-electron chi connectivity index (χ3n) is 2.38. The van der Waals surface area contributed by atoms with Crippen LogP contribution in [0.4, 0.5) is 5.13 Å². The van der Waals surface area contributed by atoms with Gasteiger partial charge in [0.1, 0.15) is 4.88 Å². The fourth-order valence-corrected chi connectivity index (χ4v) is 2.25. The molecule has 0 aromatic carbocycles. The molecule has 18 heavy (non-hydrogen) atoms. The van der Waals surface area contributed by atoms with Crippen molar-refractivity contribution in [1.29, 1.82) is 0 Å². The van der Waals surface area contributed by atoms with Gasteiger partial charge in [-0.15, -0.1) is 0 Å². The molecule has 0 radical (unpaired) electrons. The molecule has 0 saturated heterocycles. The number of anilines is 1. The Bertz CT molecular complexity index is 568. The van der Waals surface area contributed by atoms with Gasteiger partial charge < -0.3 is 10.0 Å². The number of nitrogens with zero attached hydrogens (tertiary/aromatic N) is 3. The molecule has 94 valence electrons. The maximum Gasteiger partial charge on any atom is 0.347 e. The van der Waals surface area contributed by atoms with Gasteiger partial charge in [-0.2, -0.15) is 0 Å². The van der Waals surface area contributed by atoms with E-state index in [0.717, 1.165) is 22.7 Å². The minimum atomic E-state index is -0.944. The van der Waals surface area contributed by atoms with Crippen molar-refractivity contribution >= 4 is 22.4 Å². The monoisotopic (exact) mass is 263 g/mol. The predicted octanol–water partition coefficient (Wildman–Crippen LogP) is 2.18. The van der Waals surface area contributed by atoms with E-state index in [-0.39, 0.29) is 4.88 Å². The molecule has 0 saturated carbocycles. The van der Waals surface area contributed by atoms with E-state index in [1.165, 1.54) is 6.20 Å². The molecular formula is C12H13N3O2S. The van der Waals surface area contributed by atoms with Gasteiger partial charge in [0.05, 0.1) is 18.4 Å². The van der Waals surface area contributed by atoms with Crippen molar-refractivity contribution < 1.29 is 9.90 Å². The summed E-state index contributed by atoms with van der Waals surface area (Å²) < 4.78 is 0. The summed E-state index contributed by atoms with van der Waals surface area (Å²) in [6.45, 7) is 2.55. The summed E-state index contributed by atoms with van der Waals surface area (Å²) >= 11 is 1.16. The van der Waals surface area contributed by atoms with Crippen LogP contribution < -0.4 is 4.90 Å². The molecule has 2 rings (SSSR count). The Hall–Kier alpha value is -1.95. The van der Waals surface area contributed by atoms with Crippen molar-refractivity contribution in [2.75, 3.05) is 11.9 Å². The number of carboxylic acid groups (broad SMARTS) is 1.